The van der Waals surface area contributed by atoms with Gasteiger partial charge in [-0.15, -0.1) is 35.3 Å². The van der Waals surface area contributed by atoms with Gasteiger partial charge in [0.1, 0.15) is 10.8 Å². The number of guanidine groups is 1. The van der Waals surface area contributed by atoms with Crippen LogP contribution in [0.2, 0.25) is 0 Å². The van der Waals surface area contributed by atoms with Crippen molar-refractivity contribution in [3.63, 3.8) is 0 Å². The number of nitrogens with zero attached hydrogens (tertiary/aromatic N) is 2. The molecule has 0 unspecified atom stereocenters. The molecule has 2 rings (SSSR count). The average Bonchev–Trinajstić information content (AvgIpc) is 3.17. The Morgan fingerprint density at radius 3 is 2.38 bits per heavy atom. The Balaban J connectivity index is 0.00000420. The SMILES string of the molecule is CN=C(NCCNC(=O)c1ccc(OC)cc1)NCc1nc(C(F)(F)F)cs1.I. The maximum Gasteiger partial charge on any atom is 0.434 e. The fourth-order valence-electron chi connectivity index (χ4n) is 2.10. The molecule has 0 bridgehead atoms. The highest BCUT2D eigenvalue weighted by molar-refractivity contribution is 14.0. The second-order valence-corrected chi connectivity index (χ2v) is 6.40. The molecular weight excluding hydrogens is 522 g/mol. The molecule has 2 aromatic rings. The molecule has 0 atom stereocenters. The van der Waals surface area contributed by atoms with Crippen LogP contribution in [-0.2, 0) is 12.7 Å². The number of nitrogens with one attached hydrogen (secondary N) is 3. The smallest absolute Gasteiger partial charge is 0.434 e. The van der Waals surface area contributed by atoms with Gasteiger partial charge in [-0.1, -0.05) is 0 Å². The molecule has 0 aliphatic carbocycles. The molecule has 1 amide bonds. The first-order valence-electron chi connectivity index (χ1n) is 8.22. The van der Waals surface area contributed by atoms with E-state index in [0.717, 1.165) is 16.7 Å². The molecule has 0 aliphatic rings. The molecule has 0 aliphatic heterocycles. The average molecular weight is 543 g/mol. The van der Waals surface area contributed by atoms with Gasteiger partial charge in [0.25, 0.3) is 5.91 Å². The Kier molecular flexibility index (Phi) is 10.2. The van der Waals surface area contributed by atoms with Gasteiger partial charge in [-0.2, -0.15) is 13.2 Å². The van der Waals surface area contributed by atoms with Crippen LogP contribution in [0.3, 0.4) is 0 Å². The molecule has 7 nitrogen and oxygen atoms in total. The van der Waals surface area contributed by atoms with Gasteiger partial charge in [-0.25, -0.2) is 4.98 Å². The van der Waals surface area contributed by atoms with Crippen molar-refractivity contribution in [1.29, 1.82) is 0 Å². The van der Waals surface area contributed by atoms with E-state index in [1.54, 1.807) is 31.4 Å². The lowest BCUT2D eigenvalue weighted by molar-refractivity contribution is -0.140. The lowest BCUT2D eigenvalue weighted by atomic mass is 10.2. The van der Waals surface area contributed by atoms with E-state index in [4.69, 9.17) is 4.74 Å². The van der Waals surface area contributed by atoms with Crippen LogP contribution >= 0.6 is 35.3 Å². The molecule has 1 aromatic carbocycles. The van der Waals surface area contributed by atoms with Crippen molar-refractivity contribution in [3.05, 3.63) is 45.9 Å². The van der Waals surface area contributed by atoms with Crippen LogP contribution in [0, 0.1) is 0 Å². The predicted molar refractivity (Wildman–Crippen MR) is 116 cm³/mol. The Bertz CT molecular complexity index is 812. The van der Waals surface area contributed by atoms with Gasteiger partial charge in [-0.3, -0.25) is 9.79 Å². The summed E-state index contributed by atoms with van der Waals surface area (Å²) in [7, 11) is 3.08. The normalized spacial score (nSPS) is 11.4. The van der Waals surface area contributed by atoms with Gasteiger partial charge in [0.15, 0.2) is 11.7 Å². The predicted octanol–water partition coefficient (Wildman–Crippen LogP) is 2.88. The van der Waals surface area contributed by atoms with Crippen LogP contribution in [0.1, 0.15) is 21.1 Å². The van der Waals surface area contributed by atoms with Crippen molar-refractivity contribution in [2.24, 2.45) is 4.99 Å². The number of benzene rings is 1. The van der Waals surface area contributed by atoms with Crippen LogP contribution in [0.5, 0.6) is 5.75 Å². The van der Waals surface area contributed by atoms with Gasteiger partial charge >= 0.3 is 6.18 Å². The van der Waals surface area contributed by atoms with E-state index in [9.17, 15) is 18.0 Å². The van der Waals surface area contributed by atoms with Crippen LogP contribution < -0.4 is 20.7 Å². The van der Waals surface area contributed by atoms with Crippen molar-refractivity contribution in [2.45, 2.75) is 12.7 Å². The van der Waals surface area contributed by atoms with Crippen LogP contribution in [0.25, 0.3) is 0 Å². The molecule has 3 N–H and O–H groups in total. The highest BCUT2D eigenvalue weighted by Gasteiger charge is 2.33. The summed E-state index contributed by atoms with van der Waals surface area (Å²) >= 11 is 0.919. The number of methoxy groups -OCH3 is 1. The van der Waals surface area contributed by atoms with Crippen molar-refractivity contribution >= 4 is 47.2 Å². The number of hydrogen-bond acceptors (Lipinski definition) is 5. The molecule has 0 radical (unpaired) electrons. The van der Waals surface area contributed by atoms with Crippen LogP contribution in [0.4, 0.5) is 13.2 Å². The van der Waals surface area contributed by atoms with Gasteiger partial charge in [0.2, 0.25) is 0 Å². The van der Waals surface area contributed by atoms with E-state index in [0.29, 0.717) is 35.4 Å². The third-order valence-electron chi connectivity index (χ3n) is 3.53. The second-order valence-electron chi connectivity index (χ2n) is 5.46. The number of rotatable bonds is 7. The lowest BCUT2D eigenvalue weighted by Crippen LogP contribution is -2.41. The number of carbonyl (C=O) groups excluding carboxylic acids is 1. The zero-order valence-electron chi connectivity index (χ0n) is 15.7. The Labute approximate surface area is 187 Å². The largest absolute Gasteiger partial charge is 0.497 e. The summed E-state index contributed by atoms with van der Waals surface area (Å²) < 4.78 is 42.7. The quantitative estimate of drug-likeness (QED) is 0.217. The van der Waals surface area contributed by atoms with E-state index < -0.39 is 11.9 Å². The Morgan fingerprint density at radius 1 is 1.17 bits per heavy atom. The maximum absolute atomic E-state index is 12.5. The van der Waals surface area contributed by atoms with Gasteiger partial charge in [0, 0.05) is 31.1 Å². The molecular formula is C17H21F3IN5O2S. The van der Waals surface area contributed by atoms with Gasteiger partial charge in [0.05, 0.1) is 13.7 Å². The summed E-state index contributed by atoms with van der Waals surface area (Å²) in [6.07, 6.45) is -4.45. The van der Waals surface area contributed by atoms with Crippen molar-refractivity contribution in [3.8, 4) is 5.75 Å². The summed E-state index contributed by atoms with van der Waals surface area (Å²) in [6, 6.07) is 6.71. The number of halogens is 4. The van der Waals surface area contributed by atoms with Gasteiger partial charge < -0.3 is 20.7 Å². The van der Waals surface area contributed by atoms with E-state index in [2.05, 4.69) is 25.9 Å². The summed E-state index contributed by atoms with van der Waals surface area (Å²) in [5.74, 6) is 0.827. The van der Waals surface area contributed by atoms with Crippen molar-refractivity contribution in [1.82, 2.24) is 20.9 Å². The summed E-state index contributed by atoms with van der Waals surface area (Å²) in [5, 5.41) is 9.85. The molecule has 12 heteroatoms. The van der Waals surface area contributed by atoms with E-state index in [-0.39, 0.29) is 36.4 Å². The minimum absolute atomic E-state index is 0. The number of aliphatic imine (C=N–C) groups is 1. The number of thiazole rings is 1. The first-order chi connectivity index (χ1) is 13.3. The number of aromatic nitrogens is 1. The van der Waals surface area contributed by atoms with E-state index in [1.165, 1.54) is 7.05 Å². The molecule has 29 heavy (non-hydrogen) atoms. The number of carbonyl (C=O) groups is 1. The summed E-state index contributed by atoms with van der Waals surface area (Å²) in [6.45, 7) is 0.826. The molecule has 0 fully saturated rings. The fourth-order valence-corrected chi connectivity index (χ4v) is 2.84. The minimum Gasteiger partial charge on any atom is -0.497 e. The minimum atomic E-state index is -4.45. The highest BCUT2D eigenvalue weighted by Crippen LogP contribution is 2.29. The molecule has 1 heterocycles. The fraction of sp³-hybridized carbons (Fsp3) is 0.353. The zero-order valence-corrected chi connectivity index (χ0v) is 18.8. The number of hydrogen-bond donors (Lipinski definition) is 3. The maximum atomic E-state index is 12.5. The monoisotopic (exact) mass is 543 g/mol. The van der Waals surface area contributed by atoms with Gasteiger partial charge in [-0.05, 0) is 24.3 Å². The number of amides is 1. The summed E-state index contributed by atoms with van der Waals surface area (Å²) in [4.78, 5) is 19.5. The van der Waals surface area contributed by atoms with Crippen LogP contribution in [0.15, 0.2) is 34.6 Å². The molecule has 0 saturated carbocycles. The standard InChI is InChI=1S/C17H20F3N5O2S.HI/c1-21-16(24-9-14-25-13(10-28-14)17(18,19)20)23-8-7-22-15(26)11-3-5-12(27-2)6-4-11;/h3-6,10H,7-9H2,1-2H3,(H,22,26)(H2,21,23,24);1H. The molecule has 160 valence electrons. The van der Waals surface area contributed by atoms with E-state index >= 15 is 0 Å². The number of ether oxygens (including phenoxy) is 1. The topological polar surface area (TPSA) is 87.6 Å². The third-order valence-corrected chi connectivity index (χ3v) is 4.38. The van der Waals surface area contributed by atoms with Crippen molar-refractivity contribution < 1.29 is 22.7 Å². The third kappa shape index (κ3) is 8.04. The summed E-state index contributed by atoms with van der Waals surface area (Å²) in [5.41, 5.74) is -0.397. The Hall–Kier alpha value is -2.09. The Morgan fingerprint density at radius 2 is 1.83 bits per heavy atom. The first kappa shape index (κ1) is 24.9. The highest BCUT2D eigenvalue weighted by atomic mass is 127. The van der Waals surface area contributed by atoms with Crippen molar-refractivity contribution in [2.75, 3.05) is 27.2 Å². The first-order valence-corrected chi connectivity index (χ1v) is 9.10. The molecule has 0 saturated heterocycles. The lowest BCUT2D eigenvalue weighted by Gasteiger charge is -2.11. The molecule has 0 spiro atoms. The number of alkyl halides is 3. The molecule has 1 aromatic heterocycles. The zero-order chi connectivity index (χ0) is 20.6. The second kappa shape index (κ2) is 11.8. The van der Waals surface area contributed by atoms with E-state index in [1.807, 2.05) is 0 Å². The van der Waals surface area contributed by atoms with Crippen LogP contribution in [-0.4, -0.2) is 44.1 Å².